The van der Waals surface area contributed by atoms with Crippen LogP contribution >= 0.6 is 0 Å². The first-order valence-corrected chi connectivity index (χ1v) is 26.4. The number of halogens is 4. The van der Waals surface area contributed by atoms with Crippen LogP contribution in [0.3, 0.4) is 0 Å². The summed E-state index contributed by atoms with van der Waals surface area (Å²) in [6.45, 7) is -2.60. The number of rotatable bonds is 13. The van der Waals surface area contributed by atoms with Crippen LogP contribution in [0, 0.1) is 60.7 Å². The van der Waals surface area contributed by atoms with Crippen molar-refractivity contribution in [2.45, 2.75) is 71.7 Å². The zero-order valence-corrected chi connectivity index (χ0v) is 46.2. The standard InChI is InChI=1S/C13H14FN5O4.C13H16FN5O3.C13H14FN5O3.C13H13FN4O4/c1-2-13(4-20)8(21)6(3-14)11(23-13)19-5-16-7-9(19)17-12(15)18-10(7)22;2*1-2-13(4-20)9(21)7(3-14)12(22-13)19-6-18-8-10(15)16-5-17-11(8)19;1-2-13(4-19)9(20)7(3-14)12(22-13)18-6-17-8-10(18)15-5-16-11(8)21/h1,5-6,8,11,20-21H,3-4H2,(H3,15,17,18,22);2,5-7,9,12,20-21H,1,3-4H2,(H2,15,16,17);1,5-7,9,12,20-21H,3-4H2,(H2,15,16,17);1,5-7,9,12,19-20H,3-4H2,(H,15,16,21)/t6-,8-,11+,13+;3*7-,9-,12+,13+/m0000/s1. The summed E-state index contributed by atoms with van der Waals surface area (Å²) < 4.78 is 81.6. The molecule has 16 N–H and O–H groups in total. The molecule has 37 heteroatoms. The fourth-order valence-electron chi connectivity index (χ4n) is 10.8. The summed E-state index contributed by atoms with van der Waals surface area (Å²) in [6, 6.07) is 0. The van der Waals surface area contributed by atoms with Gasteiger partial charge in [-0.05, 0) is 0 Å². The molecule has 0 bridgehead atoms. The fourth-order valence-corrected chi connectivity index (χ4v) is 10.8. The van der Waals surface area contributed by atoms with E-state index in [9.17, 15) is 68.0 Å². The van der Waals surface area contributed by atoms with Crippen molar-refractivity contribution in [1.29, 1.82) is 0 Å². The Kier molecular flexibility index (Phi) is 18.5. The Morgan fingerprint density at radius 2 is 0.888 bits per heavy atom. The first-order valence-electron chi connectivity index (χ1n) is 26.4. The Bertz CT molecular complexity index is 4130. The minimum absolute atomic E-state index is 0.0166. The number of terminal acetylenes is 3. The monoisotopic (exact) mass is 1250 g/mol. The van der Waals surface area contributed by atoms with Gasteiger partial charge in [0.25, 0.3) is 11.1 Å². The van der Waals surface area contributed by atoms with E-state index in [-0.39, 0.29) is 39.9 Å². The van der Waals surface area contributed by atoms with E-state index in [4.69, 9.17) is 55.4 Å². The number of nitrogens with two attached hydrogens (primary N) is 3. The van der Waals surface area contributed by atoms with E-state index < -0.39 is 160 Å². The molecule has 0 aliphatic carbocycles. The van der Waals surface area contributed by atoms with Crippen LogP contribution in [0.25, 0.3) is 44.7 Å². The highest BCUT2D eigenvalue weighted by Crippen LogP contribution is 2.46. The number of nitrogens with zero attached hydrogens (tertiary/aromatic N) is 14. The molecule has 472 valence electrons. The molecule has 16 atom stereocenters. The Morgan fingerprint density at radius 3 is 1.26 bits per heavy atom. The number of alkyl halides is 4. The van der Waals surface area contributed by atoms with Crippen molar-refractivity contribution in [2.75, 3.05) is 70.3 Å². The van der Waals surface area contributed by atoms with Crippen LogP contribution in [0.15, 0.2) is 66.5 Å². The lowest BCUT2D eigenvalue weighted by Gasteiger charge is -2.26. The molecular weight excluding hydrogens is 1190 g/mol. The third-order valence-corrected chi connectivity index (χ3v) is 15.8. The number of nitrogens with one attached hydrogen (secondary N) is 2. The van der Waals surface area contributed by atoms with E-state index in [0.29, 0.717) is 22.3 Å². The number of aliphatic hydroxyl groups is 8. The van der Waals surface area contributed by atoms with Crippen LogP contribution in [-0.4, -0.2) is 219 Å². The van der Waals surface area contributed by atoms with E-state index in [0.717, 1.165) is 0 Å². The smallest absolute Gasteiger partial charge is 0.280 e. The van der Waals surface area contributed by atoms with Crippen molar-refractivity contribution in [3.63, 3.8) is 0 Å². The second-order valence-corrected chi connectivity index (χ2v) is 20.5. The molecule has 12 heterocycles. The Hall–Kier alpha value is -9.14. The molecule has 89 heavy (non-hydrogen) atoms. The summed E-state index contributed by atoms with van der Waals surface area (Å²) in [5.74, 6) is 2.80. The van der Waals surface area contributed by atoms with Gasteiger partial charge in [0.2, 0.25) is 5.95 Å². The number of aliphatic hydroxyl groups excluding tert-OH is 8. The maximum atomic E-state index is 13.4. The van der Waals surface area contributed by atoms with Gasteiger partial charge in [0.15, 0.2) is 62.1 Å². The molecular formula is C52H57F4N19O14. The summed E-state index contributed by atoms with van der Waals surface area (Å²) in [4.78, 5) is 67.8. The van der Waals surface area contributed by atoms with Crippen LogP contribution in [0.5, 0.6) is 0 Å². The number of ether oxygens (including phenoxy) is 4. The van der Waals surface area contributed by atoms with Gasteiger partial charge >= 0.3 is 0 Å². The average molecular weight is 1250 g/mol. The maximum absolute atomic E-state index is 13.4. The van der Waals surface area contributed by atoms with Crippen molar-refractivity contribution in [3.05, 3.63) is 77.7 Å². The number of aromatic amines is 2. The molecule has 8 aromatic rings. The second kappa shape index (κ2) is 25.5. The number of anilines is 3. The number of imidazole rings is 4. The quantitative estimate of drug-likeness (QED) is 0.0303. The first-order chi connectivity index (χ1) is 42.7. The van der Waals surface area contributed by atoms with E-state index >= 15 is 0 Å². The van der Waals surface area contributed by atoms with E-state index in [1.54, 1.807) is 0 Å². The zero-order chi connectivity index (χ0) is 64.5. The fraction of sp³-hybridized carbons (Fsp3) is 0.462. The van der Waals surface area contributed by atoms with E-state index in [1.807, 2.05) is 0 Å². The largest absolute Gasteiger partial charge is 0.393 e. The van der Waals surface area contributed by atoms with Gasteiger partial charge in [0.05, 0.1) is 115 Å². The number of hydrogen-bond donors (Lipinski definition) is 13. The van der Waals surface area contributed by atoms with Gasteiger partial charge in [-0.3, -0.25) is 50.4 Å². The first kappa shape index (κ1) is 64.3. The minimum atomic E-state index is -1.75. The molecule has 0 saturated carbocycles. The molecule has 0 aromatic carbocycles. The predicted molar refractivity (Wildman–Crippen MR) is 299 cm³/mol. The van der Waals surface area contributed by atoms with Crippen LogP contribution in [-0.2, 0) is 18.9 Å². The summed E-state index contributed by atoms with van der Waals surface area (Å²) in [5, 5.41) is 78.8. The topological polar surface area (TPSA) is 491 Å². The molecule has 4 fully saturated rings. The van der Waals surface area contributed by atoms with Crippen LogP contribution in [0.2, 0.25) is 0 Å². The molecule has 0 spiro atoms. The Morgan fingerprint density at radius 1 is 0.528 bits per heavy atom. The van der Waals surface area contributed by atoms with Gasteiger partial charge in [-0.2, -0.15) is 4.98 Å². The summed E-state index contributed by atoms with van der Waals surface area (Å²) in [7, 11) is 0. The molecule has 4 aliphatic heterocycles. The number of nitrogen functional groups attached to an aromatic ring is 3. The lowest BCUT2D eigenvalue weighted by molar-refractivity contribution is -0.0959. The highest BCUT2D eigenvalue weighted by molar-refractivity contribution is 5.82. The van der Waals surface area contributed by atoms with Gasteiger partial charge in [-0.15, -0.1) is 25.8 Å². The predicted octanol–water partition coefficient (Wildman–Crippen LogP) is -3.45. The third kappa shape index (κ3) is 10.7. The lowest BCUT2D eigenvalue weighted by Crippen LogP contribution is -2.43. The third-order valence-electron chi connectivity index (χ3n) is 15.8. The Labute approximate surface area is 496 Å². The second-order valence-electron chi connectivity index (χ2n) is 20.5. The summed E-state index contributed by atoms with van der Waals surface area (Å²) in [6.07, 6.45) is 16.7. The summed E-state index contributed by atoms with van der Waals surface area (Å²) in [5.41, 5.74) is 11.0. The molecule has 12 rings (SSSR count). The van der Waals surface area contributed by atoms with Gasteiger partial charge in [0.1, 0.15) is 72.5 Å². The SMILES string of the molecule is C#C[C@]1(CO)O[C@@H](n2cnc3c(=O)[nH]c(N)nc32)[C@@H](CF)[C@@H]1O.C#C[C@]1(CO)O[C@@H](n2cnc3c(=O)[nH]cnc32)[C@@H](CF)[C@@H]1O.C#C[C@]1(CO)O[C@@H](n2cnc3c(N)ncnc32)[C@@H](CF)[C@@H]1O.C=C[C@]1(CO)O[C@@H](n2cnc3c(N)ncnc32)[C@@H](CF)[C@@H]1O. The Balaban J connectivity index is 0.000000141. The average Bonchev–Trinajstić information content (AvgIpc) is 1.72. The highest BCUT2D eigenvalue weighted by Gasteiger charge is 2.58. The van der Waals surface area contributed by atoms with Crippen molar-refractivity contribution in [2.24, 2.45) is 23.7 Å². The number of fused-ring (bicyclic) bond motifs is 4. The molecule has 33 nitrogen and oxygen atoms in total. The lowest BCUT2D eigenvalue weighted by atomic mass is 9.91. The van der Waals surface area contributed by atoms with Crippen molar-refractivity contribution in [1.82, 2.24) is 78.1 Å². The molecule has 8 aromatic heterocycles. The number of H-pyrrole nitrogens is 2. The summed E-state index contributed by atoms with van der Waals surface area (Å²) >= 11 is 0. The normalized spacial score (nSPS) is 31.3. The van der Waals surface area contributed by atoms with Gasteiger partial charge < -0.3 is 82.0 Å². The van der Waals surface area contributed by atoms with Crippen LogP contribution in [0.1, 0.15) is 24.9 Å². The minimum Gasteiger partial charge on any atom is -0.393 e. The zero-order valence-electron chi connectivity index (χ0n) is 46.2. The van der Waals surface area contributed by atoms with Crippen molar-refractivity contribution >= 4 is 62.2 Å². The molecule has 0 unspecified atom stereocenters. The van der Waals surface area contributed by atoms with Crippen LogP contribution < -0.4 is 28.3 Å². The molecule has 0 amide bonds. The highest BCUT2D eigenvalue weighted by atomic mass is 19.1. The van der Waals surface area contributed by atoms with Gasteiger partial charge in [-0.1, -0.05) is 23.8 Å². The van der Waals surface area contributed by atoms with Gasteiger partial charge in [-0.25, -0.2) is 44.9 Å². The van der Waals surface area contributed by atoms with E-state index in [1.165, 1.54) is 68.6 Å². The van der Waals surface area contributed by atoms with Crippen LogP contribution in [0.4, 0.5) is 35.1 Å². The molecule has 0 radical (unpaired) electrons. The maximum Gasteiger partial charge on any atom is 0.280 e. The molecule has 4 saturated heterocycles. The van der Waals surface area contributed by atoms with Crippen molar-refractivity contribution < 1.29 is 77.4 Å². The number of aromatic nitrogens is 16. The van der Waals surface area contributed by atoms with Crippen molar-refractivity contribution in [3.8, 4) is 37.0 Å². The van der Waals surface area contributed by atoms with Gasteiger partial charge in [0, 0.05) is 0 Å². The number of hydrogen-bond acceptors (Lipinski definition) is 27. The van der Waals surface area contributed by atoms with E-state index in [2.05, 4.69) is 84.1 Å². The molecule has 4 aliphatic rings.